The first-order chi connectivity index (χ1) is 20.6. The zero-order chi connectivity index (χ0) is 31.3. The van der Waals surface area contributed by atoms with Crippen LogP contribution in [0.3, 0.4) is 0 Å². The maximum atomic E-state index is 14.0. The number of hydrogen-bond acceptors (Lipinski definition) is 6. The van der Waals surface area contributed by atoms with Crippen molar-refractivity contribution in [2.75, 3.05) is 0 Å². The van der Waals surface area contributed by atoms with E-state index in [2.05, 4.69) is 17.1 Å². The Kier molecular flexibility index (Phi) is 13.2. The van der Waals surface area contributed by atoms with E-state index in [0.29, 0.717) is 34.8 Å². The molecule has 0 bridgehead atoms. The van der Waals surface area contributed by atoms with Gasteiger partial charge in [-0.1, -0.05) is 94.6 Å². The van der Waals surface area contributed by atoms with Gasteiger partial charge in [0.05, 0.1) is 12.0 Å². The number of hydroxylamine groups is 4. The quantitative estimate of drug-likeness (QED) is 0.0817. The van der Waals surface area contributed by atoms with Gasteiger partial charge in [-0.3, -0.25) is 4.84 Å². The Hall–Kier alpha value is -3.24. The van der Waals surface area contributed by atoms with Crippen LogP contribution in [0.2, 0.25) is 0 Å². The maximum absolute atomic E-state index is 14.0. The van der Waals surface area contributed by atoms with Crippen molar-refractivity contribution in [1.82, 2.24) is 10.1 Å². The van der Waals surface area contributed by atoms with Crippen LogP contribution < -0.4 is 0 Å². The Morgan fingerprint density at radius 1 is 0.907 bits per heavy atom. The molecule has 0 saturated heterocycles. The van der Waals surface area contributed by atoms with Crippen molar-refractivity contribution < 1.29 is 32.1 Å². The summed E-state index contributed by atoms with van der Waals surface area (Å²) in [6, 6.07) is 10.3. The molecular weight excluding hydrogens is 559 g/mol. The summed E-state index contributed by atoms with van der Waals surface area (Å²) in [5.41, 5.74) is 0.784. The normalized spacial score (nSPS) is 13.9. The van der Waals surface area contributed by atoms with Crippen LogP contribution in [0.5, 0.6) is 0 Å². The molecule has 0 fully saturated rings. The number of carbonyl (C=O) groups is 1. The minimum absolute atomic E-state index is 0.0550. The maximum Gasteiger partial charge on any atom is 0.416 e. The Morgan fingerprint density at radius 3 is 2.09 bits per heavy atom. The average molecular weight is 604 g/mol. The number of unbranched alkanes of at least 4 members (excludes halogenated alkanes) is 8. The fourth-order valence-corrected chi connectivity index (χ4v) is 4.92. The van der Waals surface area contributed by atoms with E-state index in [0.717, 1.165) is 31.4 Å². The van der Waals surface area contributed by atoms with Crippen LogP contribution in [0.4, 0.5) is 13.2 Å². The van der Waals surface area contributed by atoms with E-state index < -0.39 is 28.6 Å². The van der Waals surface area contributed by atoms with Crippen molar-refractivity contribution >= 4 is 5.97 Å². The van der Waals surface area contributed by atoms with Crippen molar-refractivity contribution in [2.24, 2.45) is 0 Å². The number of quaternary nitrogens is 1. The molecule has 0 amide bonds. The first-order valence-electron chi connectivity index (χ1n) is 15.5. The van der Waals surface area contributed by atoms with Crippen molar-refractivity contribution in [3.8, 4) is 11.5 Å². The molecule has 1 heterocycles. The van der Waals surface area contributed by atoms with Crippen LogP contribution in [-0.4, -0.2) is 20.9 Å². The molecule has 3 aromatic rings. The SMILES string of the molecule is CCCCCCCCCCCc1noc(-c2ccc(C[N+]([O-])(OC(=O)CCC)[C@@H](C)c3ccc(C(F)(F)F)cc3)cc2)n1. The van der Waals surface area contributed by atoms with Gasteiger partial charge >= 0.3 is 12.1 Å². The second kappa shape index (κ2) is 16.6. The zero-order valence-electron chi connectivity index (χ0n) is 25.5. The highest BCUT2D eigenvalue weighted by atomic mass is 19.4. The van der Waals surface area contributed by atoms with Crippen molar-refractivity contribution in [2.45, 2.75) is 117 Å². The van der Waals surface area contributed by atoms with Crippen LogP contribution in [0.1, 0.15) is 120 Å². The molecule has 2 atom stereocenters. The van der Waals surface area contributed by atoms with Gasteiger partial charge in [-0.2, -0.15) is 23.0 Å². The molecule has 1 unspecified atom stereocenters. The minimum atomic E-state index is -4.49. The Labute approximate surface area is 252 Å². The van der Waals surface area contributed by atoms with Gasteiger partial charge in [0.15, 0.2) is 11.9 Å². The number of hydrogen-bond donors (Lipinski definition) is 0. The molecule has 0 aliphatic heterocycles. The summed E-state index contributed by atoms with van der Waals surface area (Å²) in [6.45, 7) is 5.32. The molecule has 0 aliphatic rings. The number of aryl methyl sites for hydroxylation is 1. The fraction of sp³-hybridized carbons (Fsp3) is 0.545. The van der Waals surface area contributed by atoms with Gasteiger partial charge in [0.2, 0.25) is 0 Å². The highest BCUT2D eigenvalue weighted by molar-refractivity contribution is 5.68. The van der Waals surface area contributed by atoms with Gasteiger partial charge in [0.1, 0.15) is 6.54 Å². The summed E-state index contributed by atoms with van der Waals surface area (Å²) >= 11 is 0. The van der Waals surface area contributed by atoms with Gasteiger partial charge in [-0.05, 0) is 44.0 Å². The van der Waals surface area contributed by atoms with E-state index in [1.807, 2.05) is 0 Å². The summed E-state index contributed by atoms with van der Waals surface area (Å²) in [7, 11) is 0. The number of alkyl halides is 3. The van der Waals surface area contributed by atoms with Crippen molar-refractivity contribution in [1.29, 1.82) is 0 Å². The number of halogens is 3. The summed E-state index contributed by atoms with van der Waals surface area (Å²) < 4.78 is 44.6. The second-order valence-electron chi connectivity index (χ2n) is 11.2. The van der Waals surface area contributed by atoms with E-state index in [4.69, 9.17) is 9.36 Å². The third kappa shape index (κ3) is 10.8. The molecule has 236 valence electrons. The third-order valence-corrected chi connectivity index (χ3v) is 7.60. The lowest BCUT2D eigenvalue weighted by atomic mass is 10.0. The summed E-state index contributed by atoms with van der Waals surface area (Å²) in [5.74, 6) is 0.372. The van der Waals surface area contributed by atoms with Gasteiger partial charge in [-0.15, -0.1) is 0 Å². The molecule has 2 aromatic carbocycles. The number of nitrogens with zero attached hydrogens (tertiary/aromatic N) is 3. The van der Waals surface area contributed by atoms with Crippen LogP contribution in [0.15, 0.2) is 53.1 Å². The monoisotopic (exact) mass is 603 g/mol. The molecule has 0 spiro atoms. The Morgan fingerprint density at radius 2 is 1.51 bits per heavy atom. The molecule has 1 aromatic heterocycles. The predicted octanol–water partition coefficient (Wildman–Crippen LogP) is 9.66. The minimum Gasteiger partial charge on any atom is -0.588 e. The topological polar surface area (TPSA) is 88.3 Å². The first-order valence-corrected chi connectivity index (χ1v) is 15.5. The number of rotatable bonds is 18. The molecule has 0 saturated carbocycles. The molecule has 0 N–H and O–H groups in total. The Balaban J connectivity index is 1.62. The van der Waals surface area contributed by atoms with Crippen LogP contribution in [0.25, 0.3) is 11.5 Å². The van der Waals surface area contributed by atoms with E-state index in [1.54, 1.807) is 31.2 Å². The highest BCUT2D eigenvalue weighted by Gasteiger charge is 2.34. The molecule has 7 nitrogen and oxygen atoms in total. The summed E-state index contributed by atoms with van der Waals surface area (Å²) in [5, 5.41) is 18.1. The molecule has 3 rings (SSSR count). The van der Waals surface area contributed by atoms with E-state index >= 15 is 0 Å². The number of carbonyl (C=O) groups excluding carboxylic acids is 1. The second-order valence-corrected chi connectivity index (χ2v) is 11.2. The predicted molar refractivity (Wildman–Crippen MR) is 159 cm³/mol. The molecule has 0 radical (unpaired) electrons. The fourth-order valence-electron chi connectivity index (χ4n) is 4.92. The molecule has 43 heavy (non-hydrogen) atoms. The smallest absolute Gasteiger partial charge is 0.416 e. The summed E-state index contributed by atoms with van der Waals surface area (Å²) in [6.07, 6.45) is 7.94. The van der Waals surface area contributed by atoms with Gasteiger partial charge in [0.25, 0.3) is 5.89 Å². The summed E-state index contributed by atoms with van der Waals surface area (Å²) in [4.78, 5) is 20.9. The number of aromatic nitrogens is 2. The molecular formula is C33H44F3N3O4. The van der Waals surface area contributed by atoms with Gasteiger partial charge < -0.3 is 9.73 Å². The van der Waals surface area contributed by atoms with E-state index in [-0.39, 0.29) is 13.0 Å². The molecule has 0 aliphatic carbocycles. The van der Waals surface area contributed by atoms with Crippen LogP contribution in [-0.2, 0) is 28.8 Å². The lowest BCUT2D eigenvalue weighted by molar-refractivity contribution is -1.08. The number of benzene rings is 2. The lowest BCUT2D eigenvalue weighted by Gasteiger charge is -2.42. The zero-order valence-corrected chi connectivity index (χ0v) is 25.5. The first kappa shape index (κ1) is 34.3. The van der Waals surface area contributed by atoms with Crippen LogP contribution >= 0.6 is 0 Å². The van der Waals surface area contributed by atoms with Crippen molar-refractivity contribution in [3.05, 3.63) is 76.3 Å². The van der Waals surface area contributed by atoms with Gasteiger partial charge in [-0.25, -0.2) is 4.79 Å². The standard InChI is InChI=1S/C33H44F3N3O4/c1-4-6-7-8-9-10-11-12-13-15-30-37-32(42-38-30)28-18-16-26(17-19-28)24-39(41,43-31(40)14-5-2)25(3)27-20-22-29(23-21-27)33(34,35)36/h16-23,25H,4-15,24H2,1-3H3/t25-,39?/m0/s1. The third-order valence-electron chi connectivity index (χ3n) is 7.60. The Bertz CT molecular complexity index is 1250. The van der Waals surface area contributed by atoms with E-state index in [1.165, 1.54) is 64.0 Å². The lowest BCUT2D eigenvalue weighted by Crippen LogP contribution is -2.45. The van der Waals surface area contributed by atoms with Crippen molar-refractivity contribution in [3.63, 3.8) is 0 Å². The van der Waals surface area contributed by atoms with Crippen LogP contribution in [0, 0.1) is 5.21 Å². The van der Waals surface area contributed by atoms with Gasteiger partial charge in [0, 0.05) is 23.1 Å². The molecule has 10 heteroatoms. The largest absolute Gasteiger partial charge is 0.588 e. The average Bonchev–Trinajstić information content (AvgIpc) is 3.45. The highest BCUT2D eigenvalue weighted by Crippen LogP contribution is 2.35. The van der Waals surface area contributed by atoms with E-state index in [9.17, 15) is 23.2 Å².